The number of hydrogen-bond acceptors (Lipinski definition) is 4. The van der Waals surface area contributed by atoms with Gasteiger partial charge in [0.2, 0.25) is 0 Å². The van der Waals surface area contributed by atoms with E-state index in [4.69, 9.17) is 21.8 Å². The van der Waals surface area contributed by atoms with Gasteiger partial charge in [0.25, 0.3) is 0 Å². The molecule has 0 aromatic carbocycles. The van der Waals surface area contributed by atoms with Gasteiger partial charge in [-0.1, -0.05) is 0 Å². The number of hydrogen-bond donors (Lipinski definition) is 1. The summed E-state index contributed by atoms with van der Waals surface area (Å²) in [5, 5.41) is 9.44. The van der Waals surface area contributed by atoms with Crippen molar-refractivity contribution in [3.8, 4) is 5.81 Å². The van der Waals surface area contributed by atoms with Crippen molar-refractivity contribution in [2.24, 2.45) is 0 Å². The first-order valence-corrected chi connectivity index (χ1v) is 4.42. The molecule has 1 N–H and O–H groups in total. The van der Waals surface area contributed by atoms with Gasteiger partial charge < -0.3 is 0 Å². The van der Waals surface area contributed by atoms with Gasteiger partial charge in [0.1, 0.15) is 0 Å². The minimum absolute atomic E-state index is 0.280. The van der Waals surface area contributed by atoms with Gasteiger partial charge in [-0.25, -0.2) is 0 Å². The number of ether oxygens (including phenoxy) is 2. The van der Waals surface area contributed by atoms with Crippen LogP contribution in [-0.4, -0.2) is 43.9 Å². The molecule has 12 heavy (non-hydrogen) atoms. The Kier molecular flexibility index (Phi) is 2.51. The van der Waals surface area contributed by atoms with Crippen LogP contribution in [0.2, 0.25) is 0 Å². The second-order valence-corrected chi connectivity index (χ2v) is 3.31. The van der Waals surface area contributed by atoms with Crippen molar-refractivity contribution in [3.05, 3.63) is 0 Å². The Morgan fingerprint density at radius 1 is 1.58 bits per heavy atom. The summed E-state index contributed by atoms with van der Waals surface area (Å²) in [4.78, 5) is 0. The van der Waals surface area contributed by atoms with E-state index in [0.29, 0.717) is 14.9 Å². The molecule has 0 spiro atoms. The summed E-state index contributed by atoms with van der Waals surface area (Å²) in [5.74, 6) is 2.52. The Labute approximate surface area is 72.8 Å². The summed E-state index contributed by atoms with van der Waals surface area (Å²) in [7, 11) is 5.98. The van der Waals surface area contributed by atoms with E-state index in [1.165, 1.54) is 0 Å². The zero-order valence-corrected chi connectivity index (χ0v) is 7.11. The Bertz CT molecular complexity index is 237. The van der Waals surface area contributed by atoms with Crippen LogP contribution in [0.5, 0.6) is 0 Å². The SMILES string of the molecule is [B]C1OC2CO[P+]#CO[C@H]2[C@H]1O. The third-order valence-corrected chi connectivity index (χ3v) is 2.36. The van der Waals surface area contributed by atoms with Crippen molar-refractivity contribution >= 4 is 16.1 Å². The average Bonchev–Trinajstić information content (AvgIpc) is 2.30. The summed E-state index contributed by atoms with van der Waals surface area (Å²) in [6, 6.07) is -0.680. The third-order valence-electron chi connectivity index (χ3n) is 1.90. The summed E-state index contributed by atoms with van der Waals surface area (Å²) in [5.41, 5.74) is 0. The zero-order valence-electron chi connectivity index (χ0n) is 6.21. The first-order valence-electron chi connectivity index (χ1n) is 3.61. The van der Waals surface area contributed by atoms with E-state index in [0.717, 1.165) is 0 Å². The molecule has 0 aromatic rings. The molecular formula is C6H7BO4P+. The molecule has 62 valence electrons. The molecule has 0 aromatic heterocycles. The van der Waals surface area contributed by atoms with Crippen LogP contribution < -0.4 is 0 Å². The van der Waals surface area contributed by atoms with Crippen molar-refractivity contribution in [2.75, 3.05) is 6.61 Å². The average molecular weight is 185 g/mol. The van der Waals surface area contributed by atoms with E-state index >= 15 is 0 Å². The monoisotopic (exact) mass is 185 g/mol. The molecule has 1 saturated heterocycles. The molecule has 2 unspecified atom stereocenters. The normalized spacial score (nSPS) is 46.4. The van der Waals surface area contributed by atoms with Crippen LogP contribution in [0.15, 0.2) is 0 Å². The molecule has 6 heteroatoms. The fourth-order valence-corrected chi connectivity index (χ4v) is 1.70. The summed E-state index contributed by atoms with van der Waals surface area (Å²) in [6.45, 7) is 0.379. The van der Waals surface area contributed by atoms with E-state index in [9.17, 15) is 5.11 Å². The minimum atomic E-state index is -0.792. The number of rotatable bonds is 0. The predicted octanol–water partition coefficient (Wildman–Crippen LogP) is -0.566. The molecule has 2 aliphatic heterocycles. The summed E-state index contributed by atoms with van der Waals surface area (Å²) < 4.78 is 15.3. The maximum atomic E-state index is 9.44. The molecule has 1 fully saturated rings. The van der Waals surface area contributed by atoms with E-state index in [1.54, 1.807) is 0 Å². The standard InChI is InChI=1S/C6H7BO4P/c7-6-4(8)5-3(11-6)1-10-12-2-9-5/h3-6,8H,1H2/q+1/t3?,4-,5-,6?/m1/s1. The number of fused-ring (bicyclic) bond motifs is 1. The molecule has 0 bridgehead atoms. The first-order chi connectivity index (χ1) is 5.79. The van der Waals surface area contributed by atoms with Gasteiger partial charge in [-0.05, 0) is 0 Å². The topological polar surface area (TPSA) is 47.9 Å². The Morgan fingerprint density at radius 3 is 3.25 bits per heavy atom. The van der Waals surface area contributed by atoms with Gasteiger partial charge in [-0.3, -0.25) is 0 Å². The molecule has 2 radical (unpaired) electrons. The first kappa shape index (κ1) is 8.70. The van der Waals surface area contributed by atoms with E-state index in [1.807, 2.05) is 0 Å². The van der Waals surface area contributed by atoms with Crippen molar-refractivity contribution in [1.82, 2.24) is 0 Å². The molecule has 0 amide bonds. The van der Waals surface area contributed by atoms with Crippen LogP contribution in [-0.2, 0) is 14.0 Å². The van der Waals surface area contributed by atoms with Gasteiger partial charge >= 0.3 is 71.9 Å². The molecular weight excluding hydrogens is 178 g/mol. The van der Waals surface area contributed by atoms with E-state index < -0.39 is 18.2 Å². The molecule has 4 atom stereocenters. The van der Waals surface area contributed by atoms with Gasteiger partial charge in [0, 0.05) is 0 Å². The van der Waals surface area contributed by atoms with E-state index in [2.05, 4.69) is 5.81 Å². The van der Waals surface area contributed by atoms with E-state index in [-0.39, 0.29) is 6.10 Å². The molecule has 0 aliphatic carbocycles. The molecule has 4 nitrogen and oxygen atoms in total. The molecule has 2 aliphatic rings. The van der Waals surface area contributed by atoms with Crippen molar-refractivity contribution in [2.45, 2.75) is 24.3 Å². The van der Waals surface area contributed by atoms with Crippen LogP contribution in [0.1, 0.15) is 0 Å². The second-order valence-electron chi connectivity index (χ2n) is 2.69. The van der Waals surface area contributed by atoms with Crippen LogP contribution in [0.25, 0.3) is 0 Å². The Morgan fingerprint density at radius 2 is 2.42 bits per heavy atom. The maximum absolute atomic E-state index is 9.44. The van der Waals surface area contributed by atoms with Crippen LogP contribution in [0.4, 0.5) is 0 Å². The third kappa shape index (κ3) is 1.45. The molecule has 0 saturated carbocycles. The fraction of sp³-hybridized carbons (Fsp3) is 0.833. The fourth-order valence-electron chi connectivity index (χ4n) is 1.27. The van der Waals surface area contributed by atoms with Gasteiger partial charge in [-0.2, -0.15) is 0 Å². The van der Waals surface area contributed by atoms with Crippen LogP contribution >= 0.6 is 8.26 Å². The van der Waals surface area contributed by atoms with Gasteiger partial charge in [0.05, 0.1) is 0 Å². The number of aliphatic hydroxyl groups excluding tert-OH is 1. The van der Waals surface area contributed by atoms with Crippen molar-refractivity contribution in [1.29, 1.82) is 0 Å². The van der Waals surface area contributed by atoms with Crippen LogP contribution in [0, 0.1) is 5.81 Å². The van der Waals surface area contributed by atoms with Gasteiger partial charge in [-0.15, -0.1) is 0 Å². The Hall–Kier alpha value is 0.115. The second kappa shape index (κ2) is 3.47. The summed E-state index contributed by atoms with van der Waals surface area (Å²) >= 11 is 0. The molecule has 2 heterocycles. The van der Waals surface area contributed by atoms with Gasteiger partial charge in [0.15, 0.2) is 0 Å². The van der Waals surface area contributed by atoms with Crippen molar-refractivity contribution < 1.29 is 19.1 Å². The summed E-state index contributed by atoms with van der Waals surface area (Å²) in [6.07, 6.45) is -1.51. The van der Waals surface area contributed by atoms with Crippen molar-refractivity contribution in [3.63, 3.8) is 0 Å². The quantitative estimate of drug-likeness (QED) is 0.405. The van der Waals surface area contributed by atoms with Crippen LogP contribution in [0.3, 0.4) is 0 Å². The number of aliphatic hydroxyl groups is 1. The molecule has 2 rings (SSSR count). The zero-order chi connectivity index (χ0) is 8.55. The Balaban J connectivity index is 2.11. The predicted molar refractivity (Wildman–Crippen MR) is 42.1 cm³/mol.